The van der Waals surface area contributed by atoms with Gasteiger partial charge in [-0.15, -0.1) is 0 Å². The Kier molecular flexibility index (Phi) is 9.08. The number of nitrogens with zero attached hydrogens (tertiary/aromatic N) is 4. The fraction of sp³-hybridized carbons (Fsp3) is 0.179. The molecule has 2 fully saturated rings. The van der Waals surface area contributed by atoms with Crippen LogP contribution in [0.3, 0.4) is 0 Å². The highest BCUT2D eigenvalue weighted by atomic mass is 32.2. The van der Waals surface area contributed by atoms with Crippen LogP contribution < -0.4 is 30.1 Å². The Balaban J connectivity index is 1.00. The van der Waals surface area contributed by atoms with E-state index in [1.54, 1.807) is 67.7 Å². The number of halogens is 1. The van der Waals surface area contributed by atoms with Crippen molar-refractivity contribution in [2.24, 2.45) is 7.05 Å². The Morgan fingerprint density at radius 2 is 1.71 bits per heavy atom. The highest BCUT2D eigenvalue weighted by molar-refractivity contribution is 7.92. The van der Waals surface area contributed by atoms with E-state index in [2.05, 4.69) is 15.6 Å². The van der Waals surface area contributed by atoms with Gasteiger partial charge in [-0.1, -0.05) is 54.6 Å². The van der Waals surface area contributed by atoms with Crippen molar-refractivity contribution in [1.82, 2.24) is 24.2 Å². The molecule has 17 heteroatoms. The topological polar surface area (TPSA) is 191 Å². The quantitative estimate of drug-likeness (QED) is 0.184. The van der Waals surface area contributed by atoms with Gasteiger partial charge in [0.15, 0.2) is 5.82 Å². The first-order valence-electron chi connectivity index (χ1n) is 17.4. The van der Waals surface area contributed by atoms with Gasteiger partial charge in [0.2, 0.25) is 17.7 Å². The van der Waals surface area contributed by atoms with Crippen molar-refractivity contribution in [2.75, 3.05) is 16.2 Å². The molecule has 0 spiro atoms. The van der Waals surface area contributed by atoms with Gasteiger partial charge < -0.3 is 10.1 Å². The summed E-state index contributed by atoms with van der Waals surface area (Å²) in [6.07, 6.45) is 1.86. The van der Waals surface area contributed by atoms with Crippen LogP contribution >= 0.6 is 0 Å². The molecule has 2 aliphatic rings. The van der Waals surface area contributed by atoms with Crippen LogP contribution in [0.1, 0.15) is 30.0 Å². The van der Waals surface area contributed by atoms with Crippen LogP contribution in [0.4, 0.5) is 15.8 Å². The van der Waals surface area contributed by atoms with E-state index in [9.17, 15) is 32.4 Å². The standard InChI is InChI=1S/C39H32FN7O8S/c1-45-30-18-28(41-19-31(30)47(39(45)52)29-13-14-33(48)43-38(29)51)24-9-7-22(8-10-24)15-34(49)42-26-11-12-27-25(16-26)17-32(55-21-23-5-3-2-4-6-23)37(36(27)40)46-20-35(50)44-56(46,53)54/h2-12,16-19,29H,13-15,20-21H2,1H3,(H,42,49)(H,44,50)(H,43,48,51). The van der Waals surface area contributed by atoms with Gasteiger partial charge >= 0.3 is 15.9 Å². The number of piperidine rings is 1. The Morgan fingerprint density at radius 3 is 2.43 bits per heavy atom. The third-order valence-corrected chi connectivity index (χ3v) is 11.1. The van der Waals surface area contributed by atoms with Crippen LogP contribution in [0.25, 0.3) is 33.1 Å². The predicted molar refractivity (Wildman–Crippen MR) is 203 cm³/mol. The molecule has 3 N–H and O–H groups in total. The molecule has 56 heavy (non-hydrogen) atoms. The minimum Gasteiger partial charge on any atom is -0.487 e. The van der Waals surface area contributed by atoms with Gasteiger partial charge in [-0.2, -0.15) is 8.42 Å². The first-order valence-corrected chi connectivity index (χ1v) is 18.9. The number of aryl methyl sites for hydroxylation is 1. The molecule has 2 saturated heterocycles. The molecule has 4 amide bonds. The number of aromatic nitrogens is 3. The lowest BCUT2D eigenvalue weighted by atomic mass is 10.0. The zero-order valence-electron chi connectivity index (χ0n) is 29.6. The Morgan fingerprint density at radius 1 is 0.946 bits per heavy atom. The minimum atomic E-state index is -4.36. The molecule has 0 bridgehead atoms. The number of amides is 4. The lowest BCUT2D eigenvalue weighted by Gasteiger charge is -2.21. The van der Waals surface area contributed by atoms with E-state index in [-0.39, 0.29) is 48.8 Å². The molecule has 2 aromatic heterocycles. The molecule has 0 aliphatic carbocycles. The van der Waals surface area contributed by atoms with Crippen molar-refractivity contribution < 1.29 is 36.7 Å². The zero-order valence-corrected chi connectivity index (χ0v) is 30.4. The Bertz CT molecular complexity index is 2790. The van der Waals surface area contributed by atoms with Crippen molar-refractivity contribution in [3.8, 4) is 17.0 Å². The molecule has 0 radical (unpaired) electrons. The van der Waals surface area contributed by atoms with Crippen LogP contribution in [0.2, 0.25) is 0 Å². The number of imidazole rings is 1. The molecule has 15 nitrogen and oxygen atoms in total. The summed E-state index contributed by atoms with van der Waals surface area (Å²) in [5.41, 5.74) is 3.29. The summed E-state index contributed by atoms with van der Waals surface area (Å²) < 4.78 is 52.9. The second-order valence-corrected chi connectivity index (χ2v) is 15.0. The van der Waals surface area contributed by atoms with Gasteiger partial charge in [0.1, 0.15) is 30.6 Å². The van der Waals surface area contributed by atoms with Crippen LogP contribution in [-0.4, -0.2) is 52.7 Å². The molecule has 1 unspecified atom stereocenters. The van der Waals surface area contributed by atoms with E-state index in [1.165, 1.54) is 33.5 Å². The van der Waals surface area contributed by atoms with E-state index in [1.807, 2.05) is 10.8 Å². The monoisotopic (exact) mass is 777 g/mol. The SMILES string of the molecule is Cn1c(=O)n(C2CCC(=O)NC2=O)c2cnc(-c3ccc(CC(=O)Nc4ccc5c(F)c(N6CC(=O)NS6(=O)=O)c(OCc6ccccc6)cc5c4)cc3)cc21. The van der Waals surface area contributed by atoms with Gasteiger partial charge in [-0.25, -0.2) is 18.2 Å². The molecule has 0 saturated carbocycles. The third-order valence-electron chi connectivity index (χ3n) is 9.72. The number of nitrogens with one attached hydrogen (secondary N) is 3. The average molecular weight is 778 g/mol. The number of anilines is 2. The highest BCUT2D eigenvalue weighted by Gasteiger charge is 2.38. The van der Waals surface area contributed by atoms with Gasteiger partial charge in [0.25, 0.3) is 5.91 Å². The lowest BCUT2D eigenvalue weighted by molar-refractivity contribution is -0.135. The summed E-state index contributed by atoms with van der Waals surface area (Å²) in [5, 5.41) is 5.48. The lowest BCUT2D eigenvalue weighted by Crippen LogP contribution is -2.44. The molecule has 284 valence electrons. The van der Waals surface area contributed by atoms with E-state index >= 15 is 4.39 Å². The number of carbonyl (C=O) groups excluding carboxylic acids is 4. The molecule has 2 aliphatic heterocycles. The van der Waals surface area contributed by atoms with Crippen molar-refractivity contribution in [3.63, 3.8) is 0 Å². The van der Waals surface area contributed by atoms with Gasteiger partial charge in [0, 0.05) is 30.1 Å². The number of ether oxygens (including phenoxy) is 1. The molecular weight excluding hydrogens is 746 g/mol. The van der Waals surface area contributed by atoms with Crippen LogP contribution in [0, 0.1) is 5.82 Å². The van der Waals surface area contributed by atoms with Gasteiger partial charge in [0.05, 0.1) is 29.3 Å². The number of pyridine rings is 1. The van der Waals surface area contributed by atoms with Crippen molar-refractivity contribution in [2.45, 2.75) is 31.9 Å². The highest BCUT2D eigenvalue weighted by Crippen LogP contribution is 2.40. The number of hydrogen-bond donors (Lipinski definition) is 3. The van der Waals surface area contributed by atoms with E-state index < -0.39 is 51.8 Å². The van der Waals surface area contributed by atoms with Crippen molar-refractivity contribution in [1.29, 1.82) is 0 Å². The number of fused-ring (bicyclic) bond motifs is 2. The molecule has 4 aromatic carbocycles. The summed E-state index contributed by atoms with van der Waals surface area (Å²) in [7, 11) is -2.76. The van der Waals surface area contributed by atoms with E-state index in [0.717, 1.165) is 11.1 Å². The Hall–Kier alpha value is -6.88. The Labute approximate surface area is 317 Å². The zero-order chi connectivity index (χ0) is 39.3. The summed E-state index contributed by atoms with van der Waals surface area (Å²) in [6.45, 7) is -0.624. The maximum atomic E-state index is 16.2. The third kappa shape index (κ3) is 6.72. The number of rotatable bonds is 9. The fourth-order valence-electron chi connectivity index (χ4n) is 6.96. The number of benzene rings is 4. The van der Waals surface area contributed by atoms with E-state index in [4.69, 9.17) is 4.74 Å². The molecule has 6 aromatic rings. The maximum Gasteiger partial charge on any atom is 0.329 e. The maximum absolute atomic E-state index is 16.2. The second kappa shape index (κ2) is 14.1. The van der Waals surface area contributed by atoms with Crippen molar-refractivity contribution >= 4 is 67.0 Å². The van der Waals surface area contributed by atoms with Gasteiger partial charge in [-0.3, -0.25) is 38.6 Å². The molecule has 1 atom stereocenters. The smallest absolute Gasteiger partial charge is 0.329 e. The molecule has 4 heterocycles. The summed E-state index contributed by atoms with van der Waals surface area (Å²) in [5.74, 6) is -3.09. The summed E-state index contributed by atoms with van der Waals surface area (Å²) in [4.78, 5) is 67.1. The number of imide groups is 1. The first-order chi connectivity index (χ1) is 26.9. The summed E-state index contributed by atoms with van der Waals surface area (Å²) >= 11 is 0. The number of hydrogen-bond acceptors (Lipinski definition) is 9. The average Bonchev–Trinajstić information content (AvgIpc) is 3.59. The molecule has 8 rings (SSSR count). The fourth-order valence-corrected chi connectivity index (χ4v) is 8.12. The van der Waals surface area contributed by atoms with Gasteiger partial charge in [-0.05, 0) is 53.3 Å². The predicted octanol–water partition coefficient (Wildman–Crippen LogP) is 3.61. The van der Waals surface area contributed by atoms with Crippen LogP contribution in [-0.2, 0) is 49.5 Å². The number of carbonyl (C=O) groups is 4. The van der Waals surface area contributed by atoms with E-state index in [0.29, 0.717) is 37.7 Å². The van der Waals surface area contributed by atoms with Crippen molar-refractivity contribution in [3.05, 3.63) is 119 Å². The molecular formula is C39H32FN7O8S. The summed E-state index contributed by atoms with van der Waals surface area (Å²) in [6, 6.07) is 23.0. The van der Waals surface area contributed by atoms with Crippen LogP contribution in [0.5, 0.6) is 5.75 Å². The minimum absolute atomic E-state index is 0.000667. The normalized spacial score (nSPS) is 16.6. The first kappa shape index (κ1) is 36.1. The van der Waals surface area contributed by atoms with Crippen LogP contribution in [0.15, 0.2) is 95.9 Å². The largest absolute Gasteiger partial charge is 0.487 e. The second-order valence-electron chi connectivity index (χ2n) is 13.4.